The standard InChI is InChI=1S/C16H18N2O3/c19-7-8-21-14-4-2-1-3-12(14)15-11(9-20)5-6-13-16(15)18-10-17-13/h1-4,9-11,15,19H,5-8H2,(H,17,18). The molecule has 110 valence electrons. The van der Waals surface area contributed by atoms with Gasteiger partial charge in [0.15, 0.2) is 0 Å². The second kappa shape index (κ2) is 6.10. The lowest BCUT2D eigenvalue weighted by molar-refractivity contribution is -0.111. The Hall–Kier alpha value is -2.14. The lowest BCUT2D eigenvalue weighted by Crippen LogP contribution is -2.23. The van der Waals surface area contributed by atoms with Crippen molar-refractivity contribution >= 4 is 6.29 Å². The van der Waals surface area contributed by atoms with Crippen LogP contribution in [0, 0.1) is 5.92 Å². The second-order valence-corrected chi connectivity index (χ2v) is 5.19. The zero-order valence-electron chi connectivity index (χ0n) is 11.7. The number of benzene rings is 1. The lowest BCUT2D eigenvalue weighted by Gasteiger charge is -2.28. The molecule has 1 aliphatic rings. The van der Waals surface area contributed by atoms with Gasteiger partial charge in [0.05, 0.1) is 18.6 Å². The molecule has 0 amide bonds. The van der Waals surface area contributed by atoms with Crippen LogP contribution in [-0.2, 0) is 11.2 Å². The molecule has 5 heteroatoms. The first kappa shape index (κ1) is 13.8. The Labute approximate surface area is 123 Å². The fourth-order valence-electron chi connectivity index (χ4n) is 3.03. The smallest absolute Gasteiger partial charge is 0.124 e. The monoisotopic (exact) mass is 286 g/mol. The van der Waals surface area contributed by atoms with Crippen LogP contribution in [0.1, 0.15) is 29.3 Å². The molecule has 0 fully saturated rings. The molecule has 1 aliphatic carbocycles. The van der Waals surface area contributed by atoms with Crippen LogP contribution in [0.4, 0.5) is 0 Å². The van der Waals surface area contributed by atoms with E-state index in [9.17, 15) is 4.79 Å². The van der Waals surface area contributed by atoms with Crippen LogP contribution in [0.5, 0.6) is 5.75 Å². The maximum Gasteiger partial charge on any atom is 0.124 e. The number of aryl methyl sites for hydroxylation is 1. The van der Waals surface area contributed by atoms with Gasteiger partial charge in [-0.15, -0.1) is 0 Å². The number of carbonyl (C=O) groups is 1. The van der Waals surface area contributed by atoms with Crippen molar-refractivity contribution in [2.24, 2.45) is 5.92 Å². The second-order valence-electron chi connectivity index (χ2n) is 5.19. The van der Waals surface area contributed by atoms with E-state index in [1.807, 2.05) is 24.3 Å². The minimum Gasteiger partial charge on any atom is -0.491 e. The minimum atomic E-state index is -0.0975. The van der Waals surface area contributed by atoms with E-state index in [-0.39, 0.29) is 25.0 Å². The number of hydrogen-bond acceptors (Lipinski definition) is 4. The van der Waals surface area contributed by atoms with Crippen LogP contribution in [0.15, 0.2) is 30.6 Å². The van der Waals surface area contributed by atoms with Gasteiger partial charge < -0.3 is 19.6 Å². The molecule has 2 atom stereocenters. The highest BCUT2D eigenvalue weighted by Gasteiger charge is 2.34. The maximum absolute atomic E-state index is 11.5. The molecule has 21 heavy (non-hydrogen) atoms. The van der Waals surface area contributed by atoms with Gasteiger partial charge in [0, 0.05) is 23.1 Å². The van der Waals surface area contributed by atoms with Gasteiger partial charge in [-0.1, -0.05) is 18.2 Å². The minimum absolute atomic E-state index is 0.0379. The van der Waals surface area contributed by atoms with Crippen molar-refractivity contribution in [3.63, 3.8) is 0 Å². The molecule has 0 saturated heterocycles. The fourth-order valence-corrected chi connectivity index (χ4v) is 3.03. The number of fused-ring (bicyclic) bond motifs is 1. The van der Waals surface area contributed by atoms with E-state index < -0.39 is 0 Å². The first-order chi connectivity index (χ1) is 10.3. The summed E-state index contributed by atoms with van der Waals surface area (Å²) in [7, 11) is 0. The molecule has 3 rings (SSSR count). The maximum atomic E-state index is 11.5. The Morgan fingerprint density at radius 2 is 2.29 bits per heavy atom. The molecule has 2 N–H and O–H groups in total. The van der Waals surface area contributed by atoms with Crippen LogP contribution >= 0.6 is 0 Å². The first-order valence-electron chi connectivity index (χ1n) is 7.15. The zero-order valence-corrected chi connectivity index (χ0v) is 11.7. The molecule has 1 heterocycles. The largest absolute Gasteiger partial charge is 0.491 e. The van der Waals surface area contributed by atoms with Crippen LogP contribution in [0.25, 0.3) is 0 Å². The van der Waals surface area contributed by atoms with E-state index in [2.05, 4.69) is 9.97 Å². The number of imidazole rings is 1. The number of para-hydroxylation sites is 1. The Morgan fingerprint density at radius 3 is 3.10 bits per heavy atom. The molecule has 1 aromatic heterocycles. The Balaban J connectivity index is 2.04. The Bertz CT molecular complexity index is 623. The summed E-state index contributed by atoms with van der Waals surface area (Å²) < 4.78 is 5.62. The predicted octanol–water partition coefficient (Wildman–Crippen LogP) is 1.67. The van der Waals surface area contributed by atoms with E-state index in [0.29, 0.717) is 5.75 Å². The molecule has 2 unspecified atom stereocenters. The van der Waals surface area contributed by atoms with Crippen molar-refractivity contribution in [2.45, 2.75) is 18.8 Å². The van der Waals surface area contributed by atoms with Crippen molar-refractivity contribution in [3.8, 4) is 5.75 Å². The van der Waals surface area contributed by atoms with Gasteiger partial charge in [0.1, 0.15) is 18.6 Å². The molecule has 0 aliphatic heterocycles. The number of H-pyrrole nitrogens is 1. The number of nitrogens with one attached hydrogen (secondary N) is 1. The number of aliphatic hydroxyl groups excluding tert-OH is 1. The molecule has 0 bridgehead atoms. The first-order valence-corrected chi connectivity index (χ1v) is 7.15. The molecular formula is C16H18N2O3. The van der Waals surface area contributed by atoms with Crippen molar-refractivity contribution in [2.75, 3.05) is 13.2 Å². The summed E-state index contributed by atoms with van der Waals surface area (Å²) >= 11 is 0. The number of nitrogens with zero attached hydrogens (tertiary/aromatic N) is 1. The zero-order chi connectivity index (χ0) is 14.7. The van der Waals surface area contributed by atoms with E-state index in [1.54, 1.807) is 6.33 Å². The summed E-state index contributed by atoms with van der Waals surface area (Å²) in [6, 6.07) is 7.66. The fraction of sp³-hybridized carbons (Fsp3) is 0.375. The summed E-state index contributed by atoms with van der Waals surface area (Å²) in [5.74, 6) is 0.520. The van der Waals surface area contributed by atoms with Gasteiger partial charge in [0.25, 0.3) is 0 Å². The molecule has 2 aromatic rings. The van der Waals surface area contributed by atoms with Crippen LogP contribution in [0.2, 0.25) is 0 Å². The average Bonchev–Trinajstić information content (AvgIpc) is 3.00. The average molecular weight is 286 g/mol. The SMILES string of the molecule is O=CC1CCc2[nH]cnc2C1c1ccccc1OCCO. The van der Waals surface area contributed by atoms with Gasteiger partial charge >= 0.3 is 0 Å². The normalized spacial score (nSPS) is 20.8. The van der Waals surface area contributed by atoms with Crippen molar-refractivity contribution in [3.05, 3.63) is 47.5 Å². The third-order valence-electron chi connectivity index (χ3n) is 3.98. The van der Waals surface area contributed by atoms with Crippen LogP contribution in [-0.4, -0.2) is 34.6 Å². The Kier molecular flexibility index (Phi) is 4.01. The van der Waals surface area contributed by atoms with E-state index in [0.717, 1.165) is 36.1 Å². The molecule has 0 saturated carbocycles. The summed E-state index contributed by atoms with van der Waals surface area (Å²) in [5, 5.41) is 8.95. The molecular weight excluding hydrogens is 268 g/mol. The van der Waals surface area contributed by atoms with Gasteiger partial charge in [-0.05, 0) is 18.9 Å². The summed E-state index contributed by atoms with van der Waals surface area (Å²) in [6.45, 7) is 0.201. The number of rotatable bonds is 5. The van der Waals surface area contributed by atoms with Crippen molar-refractivity contribution < 1.29 is 14.6 Å². The quantitative estimate of drug-likeness (QED) is 0.820. The van der Waals surface area contributed by atoms with Gasteiger partial charge in [-0.2, -0.15) is 0 Å². The van der Waals surface area contributed by atoms with Gasteiger partial charge in [-0.25, -0.2) is 4.98 Å². The highest BCUT2D eigenvalue weighted by molar-refractivity contribution is 5.60. The van der Waals surface area contributed by atoms with E-state index in [4.69, 9.17) is 9.84 Å². The number of aliphatic hydroxyl groups is 1. The topological polar surface area (TPSA) is 75.2 Å². The van der Waals surface area contributed by atoms with Crippen LogP contribution in [0.3, 0.4) is 0 Å². The van der Waals surface area contributed by atoms with Crippen LogP contribution < -0.4 is 4.74 Å². The van der Waals surface area contributed by atoms with Gasteiger partial charge in [0.2, 0.25) is 0 Å². The molecule has 0 radical (unpaired) electrons. The molecule has 5 nitrogen and oxygen atoms in total. The summed E-state index contributed by atoms with van der Waals surface area (Å²) in [4.78, 5) is 19.1. The molecule has 1 aromatic carbocycles. The lowest BCUT2D eigenvalue weighted by atomic mass is 9.76. The summed E-state index contributed by atoms with van der Waals surface area (Å²) in [6.07, 6.45) is 4.35. The molecule has 0 spiro atoms. The number of ether oxygens (including phenoxy) is 1. The highest BCUT2D eigenvalue weighted by atomic mass is 16.5. The van der Waals surface area contributed by atoms with E-state index >= 15 is 0 Å². The third-order valence-corrected chi connectivity index (χ3v) is 3.98. The number of aromatic amines is 1. The third kappa shape index (κ3) is 2.56. The number of hydrogen-bond donors (Lipinski definition) is 2. The summed E-state index contributed by atoms with van der Waals surface area (Å²) in [5.41, 5.74) is 2.98. The van der Waals surface area contributed by atoms with Crippen molar-refractivity contribution in [1.82, 2.24) is 9.97 Å². The highest BCUT2D eigenvalue weighted by Crippen LogP contribution is 2.41. The van der Waals surface area contributed by atoms with Crippen molar-refractivity contribution in [1.29, 1.82) is 0 Å². The van der Waals surface area contributed by atoms with Gasteiger partial charge in [-0.3, -0.25) is 0 Å². The predicted molar refractivity (Wildman–Crippen MR) is 77.3 cm³/mol. The number of aromatic nitrogens is 2. The van der Waals surface area contributed by atoms with E-state index in [1.165, 1.54) is 0 Å². The number of aldehydes is 1. The Morgan fingerprint density at radius 1 is 1.43 bits per heavy atom. The number of carbonyl (C=O) groups excluding carboxylic acids is 1.